The van der Waals surface area contributed by atoms with Crippen molar-refractivity contribution in [2.45, 2.75) is 44.6 Å². The Hall–Kier alpha value is -1.02. The van der Waals surface area contributed by atoms with Gasteiger partial charge in [-0.15, -0.1) is 0 Å². The molecule has 0 heterocycles. The van der Waals surface area contributed by atoms with Crippen LogP contribution in [0.5, 0.6) is 5.75 Å². The van der Waals surface area contributed by atoms with Gasteiger partial charge in [-0.1, -0.05) is 32.0 Å². The maximum atomic E-state index is 6.37. The summed E-state index contributed by atoms with van der Waals surface area (Å²) >= 11 is 0. The molecule has 1 saturated carbocycles. The largest absolute Gasteiger partial charge is 0.494 e. The van der Waals surface area contributed by atoms with E-state index in [2.05, 4.69) is 26.0 Å². The molecule has 16 heavy (non-hydrogen) atoms. The molecule has 88 valence electrons. The van der Waals surface area contributed by atoms with Gasteiger partial charge in [0.1, 0.15) is 5.75 Å². The molecule has 0 radical (unpaired) electrons. The molecular weight excluding hydrogens is 198 g/mol. The third-order valence-electron chi connectivity index (χ3n) is 3.89. The quantitative estimate of drug-likeness (QED) is 0.845. The van der Waals surface area contributed by atoms with Crippen LogP contribution in [0.25, 0.3) is 0 Å². The topological polar surface area (TPSA) is 35.2 Å². The van der Waals surface area contributed by atoms with Crippen LogP contribution in [0.3, 0.4) is 0 Å². The maximum absolute atomic E-state index is 6.37. The van der Waals surface area contributed by atoms with Crippen molar-refractivity contribution in [3.8, 4) is 5.75 Å². The molecule has 2 rings (SSSR count). The molecule has 0 saturated heterocycles. The van der Waals surface area contributed by atoms with Gasteiger partial charge in [0.2, 0.25) is 0 Å². The molecular formula is C14H21NO. The number of rotatable bonds is 4. The summed E-state index contributed by atoms with van der Waals surface area (Å²) in [5.41, 5.74) is 7.54. The summed E-state index contributed by atoms with van der Waals surface area (Å²) in [5.74, 6) is 0.978. The van der Waals surface area contributed by atoms with Crippen molar-refractivity contribution in [2.24, 2.45) is 5.73 Å². The third-order valence-corrected chi connectivity index (χ3v) is 3.89. The van der Waals surface area contributed by atoms with Gasteiger partial charge in [0.05, 0.1) is 6.61 Å². The van der Waals surface area contributed by atoms with Crippen LogP contribution >= 0.6 is 0 Å². The molecule has 0 spiro atoms. The Balaban J connectivity index is 2.39. The Morgan fingerprint density at radius 2 is 1.94 bits per heavy atom. The third kappa shape index (κ3) is 1.71. The predicted octanol–water partition coefficient (Wildman–Crippen LogP) is 2.85. The molecule has 1 fully saturated rings. The van der Waals surface area contributed by atoms with E-state index >= 15 is 0 Å². The van der Waals surface area contributed by atoms with Crippen molar-refractivity contribution in [3.63, 3.8) is 0 Å². The second-order valence-corrected chi connectivity index (χ2v) is 5.21. The van der Waals surface area contributed by atoms with Crippen LogP contribution in [-0.4, -0.2) is 12.1 Å². The van der Waals surface area contributed by atoms with Gasteiger partial charge in [0, 0.05) is 16.5 Å². The molecule has 2 nitrogen and oxygen atoms in total. The number of para-hydroxylation sites is 1. The minimum atomic E-state index is -0.0415. The Labute approximate surface area is 97.8 Å². The van der Waals surface area contributed by atoms with Crippen LogP contribution in [0.15, 0.2) is 24.3 Å². The van der Waals surface area contributed by atoms with Crippen LogP contribution in [0.2, 0.25) is 0 Å². The maximum Gasteiger partial charge on any atom is 0.123 e. The van der Waals surface area contributed by atoms with Crippen molar-refractivity contribution in [1.29, 1.82) is 0 Å². The van der Waals surface area contributed by atoms with E-state index in [9.17, 15) is 0 Å². The highest BCUT2D eigenvalue weighted by Crippen LogP contribution is 2.51. The van der Waals surface area contributed by atoms with Crippen LogP contribution in [0.4, 0.5) is 0 Å². The summed E-state index contributed by atoms with van der Waals surface area (Å²) in [6, 6.07) is 8.25. The van der Waals surface area contributed by atoms with Gasteiger partial charge in [-0.05, 0) is 25.8 Å². The summed E-state index contributed by atoms with van der Waals surface area (Å²) in [6.45, 7) is 7.15. The first-order valence-corrected chi connectivity index (χ1v) is 6.02. The first-order chi connectivity index (χ1) is 7.51. The zero-order chi connectivity index (χ0) is 11.8. The molecule has 0 aromatic heterocycles. The van der Waals surface area contributed by atoms with Crippen LogP contribution in [0, 0.1) is 0 Å². The zero-order valence-electron chi connectivity index (χ0n) is 10.4. The van der Waals surface area contributed by atoms with Gasteiger partial charge in [-0.2, -0.15) is 0 Å². The summed E-state index contributed by atoms with van der Waals surface area (Å²) in [4.78, 5) is 0. The molecule has 0 aliphatic heterocycles. The second kappa shape index (κ2) is 3.77. The fraction of sp³-hybridized carbons (Fsp3) is 0.571. The Morgan fingerprint density at radius 1 is 1.31 bits per heavy atom. The van der Waals surface area contributed by atoms with E-state index in [1.807, 2.05) is 19.1 Å². The highest BCUT2D eigenvalue weighted by Gasteiger charge is 2.52. The van der Waals surface area contributed by atoms with Crippen molar-refractivity contribution >= 4 is 0 Å². The molecule has 0 bridgehead atoms. The number of benzene rings is 1. The normalized spacial score (nSPS) is 18.2. The van der Waals surface area contributed by atoms with Crippen molar-refractivity contribution in [2.75, 3.05) is 6.61 Å². The molecule has 0 unspecified atom stereocenters. The fourth-order valence-electron chi connectivity index (χ4n) is 2.29. The van der Waals surface area contributed by atoms with Crippen LogP contribution < -0.4 is 10.5 Å². The number of hydrogen-bond acceptors (Lipinski definition) is 2. The molecule has 1 aliphatic rings. The molecule has 2 N–H and O–H groups in total. The lowest BCUT2D eigenvalue weighted by Crippen LogP contribution is -2.43. The number of ether oxygens (including phenoxy) is 1. The first kappa shape index (κ1) is 11.5. The van der Waals surface area contributed by atoms with Crippen LogP contribution in [-0.2, 0) is 5.41 Å². The Bertz CT molecular complexity index is 380. The number of hydrogen-bond donors (Lipinski definition) is 1. The minimum Gasteiger partial charge on any atom is -0.494 e. The summed E-state index contributed by atoms with van der Waals surface area (Å²) < 4.78 is 5.69. The van der Waals surface area contributed by atoms with Gasteiger partial charge >= 0.3 is 0 Å². The molecule has 1 aliphatic carbocycles. The van der Waals surface area contributed by atoms with Gasteiger partial charge in [-0.3, -0.25) is 0 Å². The predicted molar refractivity (Wildman–Crippen MR) is 66.8 cm³/mol. The summed E-state index contributed by atoms with van der Waals surface area (Å²) in [6.07, 6.45) is 2.22. The lowest BCUT2D eigenvalue weighted by Gasteiger charge is -2.33. The molecule has 0 amide bonds. The van der Waals surface area contributed by atoms with Crippen molar-refractivity contribution in [1.82, 2.24) is 0 Å². The molecule has 1 aromatic rings. The Morgan fingerprint density at radius 3 is 2.50 bits per heavy atom. The summed E-state index contributed by atoms with van der Waals surface area (Å²) in [7, 11) is 0. The lowest BCUT2D eigenvalue weighted by molar-refractivity contribution is 0.314. The van der Waals surface area contributed by atoms with Crippen molar-refractivity contribution < 1.29 is 4.74 Å². The minimum absolute atomic E-state index is 0.0151. The van der Waals surface area contributed by atoms with E-state index in [1.54, 1.807) is 0 Å². The van der Waals surface area contributed by atoms with Gasteiger partial charge in [0.15, 0.2) is 0 Å². The monoisotopic (exact) mass is 219 g/mol. The SMILES string of the molecule is CCOc1ccccc1C(C)(C)C1(N)CC1. The average Bonchev–Trinajstić information content (AvgIpc) is 2.99. The zero-order valence-corrected chi connectivity index (χ0v) is 10.4. The molecule has 1 aromatic carbocycles. The van der Waals surface area contributed by atoms with Gasteiger partial charge in [-0.25, -0.2) is 0 Å². The van der Waals surface area contributed by atoms with E-state index in [0.717, 1.165) is 18.6 Å². The highest BCUT2D eigenvalue weighted by atomic mass is 16.5. The highest BCUT2D eigenvalue weighted by molar-refractivity contribution is 5.43. The van der Waals surface area contributed by atoms with Crippen LogP contribution in [0.1, 0.15) is 39.2 Å². The van der Waals surface area contributed by atoms with E-state index in [-0.39, 0.29) is 11.0 Å². The lowest BCUT2D eigenvalue weighted by atomic mass is 9.75. The van der Waals surface area contributed by atoms with E-state index in [0.29, 0.717) is 6.61 Å². The van der Waals surface area contributed by atoms with E-state index in [1.165, 1.54) is 5.56 Å². The average molecular weight is 219 g/mol. The standard InChI is InChI=1S/C14H21NO/c1-4-16-12-8-6-5-7-11(12)13(2,3)14(15)9-10-14/h5-8H,4,9-10,15H2,1-3H3. The van der Waals surface area contributed by atoms with Gasteiger partial charge in [0.25, 0.3) is 0 Å². The molecule has 0 atom stereocenters. The van der Waals surface area contributed by atoms with Crippen molar-refractivity contribution in [3.05, 3.63) is 29.8 Å². The number of nitrogens with two attached hydrogens (primary N) is 1. The fourth-order valence-corrected chi connectivity index (χ4v) is 2.29. The van der Waals surface area contributed by atoms with E-state index < -0.39 is 0 Å². The second-order valence-electron chi connectivity index (χ2n) is 5.21. The first-order valence-electron chi connectivity index (χ1n) is 6.02. The Kier molecular flexibility index (Phi) is 2.70. The summed E-state index contributed by atoms with van der Waals surface area (Å²) in [5, 5.41) is 0. The van der Waals surface area contributed by atoms with E-state index in [4.69, 9.17) is 10.5 Å². The van der Waals surface area contributed by atoms with Gasteiger partial charge < -0.3 is 10.5 Å². The molecule has 2 heteroatoms. The smallest absolute Gasteiger partial charge is 0.123 e.